The summed E-state index contributed by atoms with van der Waals surface area (Å²) in [5, 5.41) is 0. The van der Waals surface area contributed by atoms with E-state index >= 15 is 0 Å². The minimum Gasteiger partial charge on any atom is -0.341 e. The number of carbonyl (C=O) groups is 1. The molecule has 0 bridgehead atoms. The molecule has 1 aromatic carbocycles. The summed E-state index contributed by atoms with van der Waals surface area (Å²) in [7, 11) is 1.61. The first-order valence-corrected chi connectivity index (χ1v) is 5.77. The van der Waals surface area contributed by atoms with E-state index in [1.807, 2.05) is 0 Å². The molecule has 0 aliphatic carbocycles. The number of carbonyl (C=O) groups excluding carboxylic acids is 1. The molecule has 0 aliphatic rings. The molecule has 1 rings (SSSR count). The van der Waals surface area contributed by atoms with Crippen molar-refractivity contribution in [2.75, 3.05) is 7.05 Å². The number of hydrogen-bond acceptors (Lipinski definition) is 2. The van der Waals surface area contributed by atoms with E-state index in [1.165, 1.54) is 11.0 Å². The van der Waals surface area contributed by atoms with Gasteiger partial charge in [-0.05, 0) is 24.6 Å². The largest absolute Gasteiger partial charge is 0.341 e. The van der Waals surface area contributed by atoms with E-state index in [1.54, 1.807) is 20.9 Å². The van der Waals surface area contributed by atoms with E-state index in [0.717, 1.165) is 12.1 Å². The van der Waals surface area contributed by atoms with Crippen LogP contribution < -0.4 is 5.73 Å². The van der Waals surface area contributed by atoms with Gasteiger partial charge in [-0.2, -0.15) is 0 Å². The van der Waals surface area contributed by atoms with E-state index < -0.39 is 11.6 Å². The molecule has 100 valence electrons. The normalized spacial score (nSPS) is 14.1. The summed E-state index contributed by atoms with van der Waals surface area (Å²) >= 11 is 0. The SMILES string of the molecule is CC(N)C(C)C(=O)N(C)Cc1ccc(F)c(F)c1. The van der Waals surface area contributed by atoms with Crippen LogP contribution in [0, 0.1) is 17.6 Å². The highest BCUT2D eigenvalue weighted by molar-refractivity contribution is 5.78. The Morgan fingerprint density at radius 2 is 1.94 bits per heavy atom. The Morgan fingerprint density at radius 1 is 1.33 bits per heavy atom. The van der Waals surface area contributed by atoms with Crippen molar-refractivity contribution in [3.05, 3.63) is 35.4 Å². The van der Waals surface area contributed by atoms with Crippen LogP contribution >= 0.6 is 0 Å². The lowest BCUT2D eigenvalue weighted by Gasteiger charge is -2.23. The van der Waals surface area contributed by atoms with E-state index in [0.29, 0.717) is 5.56 Å². The third-order valence-corrected chi connectivity index (χ3v) is 2.96. The molecule has 18 heavy (non-hydrogen) atoms. The molecule has 0 saturated carbocycles. The molecule has 3 nitrogen and oxygen atoms in total. The lowest BCUT2D eigenvalue weighted by Crippen LogP contribution is -2.39. The lowest BCUT2D eigenvalue weighted by molar-refractivity contribution is -0.134. The van der Waals surface area contributed by atoms with Crippen LogP contribution in [0.4, 0.5) is 8.78 Å². The predicted molar refractivity (Wildman–Crippen MR) is 65.6 cm³/mol. The second-order valence-electron chi connectivity index (χ2n) is 4.59. The van der Waals surface area contributed by atoms with Crippen molar-refractivity contribution in [3.63, 3.8) is 0 Å². The fourth-order valence-corrected chi connectivity index (χ4v) is 1.56. The Morgan fingerprint density at radius 3 is 2.44 bits per heavy atom. The minimum atomic E-state index is -0.909. The number of benzene rings is 1. The highest BCUT2D eigenvalue weighted by atomic mass is 19.2. The molecule has 2 atom stereocenters. The maximum Gasteiger partial charge on any atom is 0.226 e. The van der Waals surface area contributed by atoms with Gasteiger partial charge >= 0.3 is 0 Å². The van der Waals surface area contributed by atoms with Gasteiger partial charge in [0, 0.05) is 19.6 Å². The zero-order chi connectivity index (χ0) is 13.9. The van der Waals surface area contributed by atoms with Gasteiger partial charge in [0.25, 0.3) is 0 Å². The third kappa shape index (κ3) is 3.50. The molecular formula is C13H18F2N2O. The number of halogens is 2. The highest BCUT2D eigenvalue weighted by Crippen LogP contribution is 2.12. The Hall–Kier alpha value is -1.49. The summed E-state index contributed by atoms with van der Waals surface area (Å²) in [6.07, 6.45) is 0. The number of hydrogen-bond donors (Lipinski definition) is 1. The molecule has 1 aromatic rings. The van der Waals surface area contributed by atoms with E-state index in [2.05, 4.69) is 0 Å². The lowest BCUT2D eigenvalue weighted by atomic mass is 10.0. The van der Waals surface area contributed by atoms with Crippen LogP contribution in [-0.4, -0.2) is 23.9 Å². The van der Waals surface area contributed by atoms with Crippen molar-refractivity contribution >= 4 is 5.91 Å². The molecule has 0 fully saturated rings. The fraction of sp³-hybridized carbons (Fsp3) is 0.462. The smallest absolute Gasteiger partial charge is 0.226 e. The third-order valence-electron chi connectivity index (χ3n) is 2.96. The van der Waals surface area contributed by atoms with E-state index in [-0.39, 0.29) is 24.4 Å². The van der Waals surface area contributed by atoms with Gasteiger partial charge in [-0.3, -0.25) is 4.79 Å². The zero-order valence-electron chi connectivity index (χ0n) is 10.8. The van der Waals surface area contributed by atoms with Gasteiger partial charge in [-0.15, -0.1) is 0 Å². The summed E-state index contributed by atoms with van der Waals surface area (Å²) in [6, 6.07) is 3.36. The summed E-state index contributed by atoms with van der Waals surface area (Å²) in [6.45, 7) is 3.73. The van der Waals surface area contributed by atoms with Crippen LogP contribution in [0.1, 0.15) is 19.4 Å². The van der Waals surface area contributed by atoms with Crippen LogP contribution in [-0.2, 0) is 11.3 Å². The van der Waals surface area contributed by atoms with E-state index in [4.69, 9.17) is 5.73 Å². The van der Waals surface area contributed by atoms with Gasteiger partial charge in [0.05, 0.1) is 5.92 Å². The summed E-state index contributed by atoms with van der Waals surface area (Å²) in [4.78, 5) is 13.4. The van der Waals surface area contributed by atoms with Crippen molar-refractivity contribution in [2.24, 2.45) is 11.7 Å². The molecule has 0 aliphatic heterocycles. The molecule has 0 saturated heterocycles. The second kappa shape index (κ2) is 5.91. The van der Waals surface area contributed by atoms with Gasteiger partial charge in [0.1, 0.15) is 0 Å². The number of amides is 1. The Balaban J connectivity index is 2.72. The topological polar surface area (TPSA) is 46.3 Å². The van der Waals surface area contributed by atoms with Crippen molar-refractivity contribution in [1.29, 1.82) is 0 Å². The zero-order valence-corrected chi connectivity index (χ0v) is 10.8. The van der Waals surface area contributed by atoms with E-state index in [9.17, 15) is 13.6 Å². The van der Waals surface area contributed by atoms with Crippen molar-refractivity contribution in [3.8, 4) is 0 Å². The first kappa shape index (κ1) is 14.6. The molecular weight excluding hydrogens is 238 g/mol. The van der Waals surface area contributed by atoms with Crippen LogP contribution in [0.15, 0.2) is 18.2 Å². The van der Waals surface area contributed by atoms with Crippen molar-refractivity contribution in [1.82, 2.24) is 4.90 Å². The van der Waals surface area contributed by atoms with Gasteiger partial charge in [0.15, 0.2) is 11.6 Å². The maximum absolute atomic E-state index is 13.0. The molecule has 0 heterocycles. The average molecular weight is 256 g/mol. The maximum atomic E-state index is 13.0. The fourth-order valence-electron chi connectivity index (χ4n) is 1.56. The molecule has 1 amide bonds. The Bertz CT molecular complexity index is 435. The van der Waals surface area contributed by atoms with Crippen LogP contribution in [0.5, 0.6) is 0 Å². The monoisotopic (exact) mass is 256 g/mol. The number of nitrogens with two attached hydrogens (primary N) is 1. The standard InChI is InChI=1S/C13H18F2N2O/c1-8(9(2)16)13(18)17(3)7-10-4-5-11(14)12(15)6-10/h4-6,8-9H,7,16H2,1-3H3. The van der Waals surface area contributed by atoms with Crippen LogP contribution in [0.25, 0.3) is 0 Å². The molecule has 0 radical (unpaired) electrons. The molecule has 2 unspecified atom stereocenters. The highest BCUT2D eigenvalue weighted by Gasteiger charge is 2.21. The quantitative estimate of drug-likeness (QED) is 0.894. The summed E-state index contributed by atoms with van der Waals surface area (Å²) in [5.74, 6) is -2.22. The van der Waals surface area contributed by atoms with Gasteiger partial charge in [0.2, 0.25) is 5.91 Å². The van der Waals surface area contributed by atoms with Crippen molar-refractivity contribution in [2.45, 2.75) is 26.4 Å². The molecule has 2 N–H and O–H groups in total. The first-order valence-electron chi connectivity index (χ1n) is 5.77. The molecule has 0 aromatic heterocycles. The second-order valence-corrected chi connectivity index (χ2v) is 4.59. The Labute approximate surface area is 106 Å². The van der Waals surface area contributed by atoms with Crippen LogP contribution in [0.3, 0.4) is 0 Å². The van der Waals surface area contributed by atoms with Crippen molar-refractivity contribution < 1.29 is 13.6 Å². The summed E-state index contributed by atoms with van der Waals surface area (Å²) in [5.41, 5.74) is 6.20. The first-order chi connectivity index (χ1) is 8.32. The van der Waals surface area contributed by atoms with Gasteiger partial charge in [-0.1, -0.05) is 13.0 Å². The Kier molecular flexibility index (Phi) is 4.78. The van der Waals surface area contributed by atoms with Gasteiger partial charge in [-0.25, -0.2) is 8.78 Å². The summed E-state index contributed by atoms with van der Waals surface area (Å²) < 4.78 is 25.8. The number of rotatable bonds is 4. The molecule has 5 heteroatoms. The number of nitrogens with zero attached hydrogens (tertiary/aromatic N) is 1. The average Bonchev–Trinajstić information content (AvgIpc) is 2.31. The van der Waals surface area contributed by atoms with Crippen LogP contribution in [0.2, 0.25) is 0 Å². The van der Waals surface area contributed by atoms with Gasteiger partial charge < -0.3 is 10.6 Å². The molecule has 0 spiro atoms. The predicted octanol–water partition coefficient (Wildman–Crippen LogP) is 1.91. The minimum absolute atomic E-state index is 0.116.